The van der Waals surface area contributed by atoms with Crippen LogP contribution in [0.5, 0.6) is 0 Å². The summed E-state index contributed by atoms with van der Waals surface area (Å²) in [4.78, 5) is 10.6. The molecule has 0 fully saturated rings. The number of carbonyl (C=O) groups is 1. The van der Waals surface area contributed by atoms with Crippen molar-refractivity contribution in [3.8, 4) is 0 Å². The first kappa shape index (κ1) is 10.9. The summed E-state index contributed by atoms with van der Waals surface area (Å²) in [6, 6.07) is 0.681. The Morgan fingerprint density at radius 1 is 1.46 bits per heavy atom. The summed E-state index contributed by atoms with van der Waals surface area (Å²) >= 11 is 13.1. The molecule has 0 saturated carbocycles. The van der Waals surface area contributed by atoms with Gasteiger partial charge in [0, 0.05) is 0 Å². The average Bonchev–Trinajstić information content (AvgIpc) is 2.07. The molecule has 0 aromatic heterocycles. The zero-order valence-electron chi connectivity index (χ0n) is 5.88. The molecule has 70 valence electrons. The van der Waals surface area contributed by atoms with Crippen molar-refractivity contribution in [2.24, 2.45) is 0 Å². The van der Waals surface area contributed by atoms with Crippen LogP contribution >= 0.6 is 39.1 Å². The molecule has 0 atom stereocenters. The highest BCUT2D eigenvalue weighted by molar-refractivity contribution is 9.10. The van der Waals surface area contributed by atoms with Crippen LogP contribution in [0.1, 0.15) is 10.4 Å². The van der Waals surface area contributed by atoms with E-state index in [4.69, 9.17) is 23.2 Å². The fourth-order valence-electron chi connectivity index (χ4n) is 0.716. The van der Waals surface area contributed by atoms with Crippen molar-refractivity contribution in [2.45, 2.75) is 0 Å². The molecule has 1 aromatic rings. The van der Waals surface area contributed by atoms with Gasteiger partial charge in [0.25, 0.3) is 5.24 Å². The standard InChI is InChI=1S/C7HBrCl2F2O/c8-4-3(11)1-2(7(10)13)6(12)5(4)9/h1H. The van der Waals surface area contributed by atoms with E-state index < -0.39 is 27.5 Å². The third-order valence-corrected chi connectivity index (χ3v) is 2.88. The van der Waals surface area contributed by atoms with Gasteiger partial charge in [-0.2, -0.15) is 0 Å². The fourth-order valence-corrected chi connectivity index (χ4v) is 1.33. The van der Waals surface area contributed by atoms with Crippen LogP contribution in [-0.2, 0) is 0 Å². The van der Waals surface area contributed by atoms with E-state index in [0.717, 1.165) is 0 Å². The summed E-state index contributed by atoms with van der Waals surface area (Å²) in [7, 11) is 0. The summed E-state index contributed by atoms with van der Waals surface area (Å²) in [6.45, 7) is 0. The van der Waals surface area contributed by atoms with E-state index >= 15 is 0 Å². The maximum Gasteiger partial charge on any atom is 0.255 e. The molecule has 0 saturated heterocycles. The Balaban J connectivity index is 3.50. The van der Waals surface area contributed by atoms with Crippen LogP contribution in [0.2, 0.25) is 5.02 Å². The van der Waals surface area contributed by atoms with E-state index in [1.807, 2.05) is 0 Å². The van der Waals surface area contributed by atoms with Gasteiger partial charge in [-0.05, 0) is 33.6 Å². The predicted molar refractivity (Wildman–Crippen MR) is 49.3 cm³/mol. The van der Waals surface area contributed by atoms with Crippen LogP contribution in [0.15, 0.2) is 10.5 Å². The third kappa shape index (κ3) is 2.00. The third-order valence-electron chi connectivity index (χ3n) is 1.31. The van der Waals surface area contributed by atoms with Gasteiger partial charge < -0.3 is 0 Å². The largest absolute Gasteiger partial charge is 0.275 e. The second-order valence-electron chi connectivity index (χ2n) is 2.12. The molecule has 6 heteroatoms. The Labute approximate surface area is 90.8 Å². The van der Waals surface area contributed by atoms with Gasteiger partial charge >= 0.3 is 0 Å². The molecule has 0 aliphatic rings. The highest BCUT2D eigenvalue weighted by atomic mass is 79.9. The molecule has 1 nitrogen and oxygen atoms in total. The molecule has 0 unspecified atom stereocenters. The zero-order valence-corrected chi connectivity index (χ0v) is 8.97. The monoisotopic (exact) mass is 288 g/mol. The molecule has 0 aliphatic carbocycles. The topological polar surface area (TPSA) is 17.1 Å². The van der Waals surface area contributed by atoms with E-state index in [1.54, 1.807) is 0 Å². The number of halogens is 5. The minimum absolute atomic E-state index is 0.228. The second kappa shape index (κ2) is 3.90. The first-order valence-corrected chi connectivity index (χ1v) is 4.53. The van der Waals surface area contributed by atoms with Crippen LogP contribution in [0.3, 0.4) is 0 Å². The highest BCUT2D eigenvalue weighted by Crippen LogP contribution is 2.30. The lowest BCUT2D eigenvalue weighted by molar-refractivity contribution is 0.107. The van der Waals surface area contributed by atoms with Crippen LogP contribution in [0, 0.1) is 11.6 Å². The summed E-state index contributed by atoms with van der Waals surface area (Å²) in [6.07, 6.45) is 0. The predicted octanol–water partition coefficient (Wildman–Crippen LogP) is 3.76. The lowest BCUT2D eigenvalue weighted by Gasteiger charge is -2.02. The van der Waals surface area contributed by atoms with Gasteiger partial charge in [0.05, 0.1) is 15.1 Å². The Hall–Kier alpha value is -0.190. The normalized spacial score (nSPS) is 10.2. The highest BCUT2D eigenvalue weighted by Gasteiger charge is 2.18. The number of hydrogen-bond acceptors (Lipinski definition) is 1. The molecule has 0 spiro atoms. The van der Waals surface area contributed by atoms with Gasteiger partial charge in [0.1, 0.15) is 5.82 Å². The maximum atomic E-state index is 13.1. The number of hydrogen-bond donors (Lipinski definition) is 0. The van der Waals surface area contributed by atoms with Crippen molar-refractivity contribution in [1.82, 2.24) is 0 Å². The molecular weight excluding hydrogens is 289 g/mol. The van der Waals surface area contributed by atoms with Gasteiger partial charge in [-0.1, -0.05) is 11.6 Å². The quantitative estimate of drug-likeness (QED) is 0.437. The fraction of sp³-hybridized carbons (Fsp3) is 0. The molecule has 0 N–H and O–H groups in total. The molecular formula is C7HBrCl2F2O. The van der Waals surface area contributed by atoms with Gasteiger partial charge in [-0.25, -0.2) is 8.78 Å². The maximum absolute atomic E-state index is 13.1. The van der Waals surface area contributed by atoms with Crippen molar-refractivity contribution < 1.29 is 13.6 Å². The Kier molecular flexibility index (Phi) is 3.27. The van der Waals surface area contributed by atoms with Crippen molar-refractivity contribution >= 4 is 44.4 Å². The smallest absolute Gasteiger partial charge is 0.255 e. The van der Waals surface area contributed by atoms with Gasteiger partial charge in [-0.3, -0.25) is 4.79 Å². The Morgan fingerprint density at radius 3 is 2.46 bits per heavy atom. The molecule has 0 bridgehead atoms. The first-order chi connectivity index (χ1) is 5.95. The van der Waals surface area contributed by atoms with E-state index in [0.29, 0.717) is 6.07 Å². The van der Waals surface area contributed by atoms with Crippen molar-refractivity contribution in [3.05, 3.63) is 32.8 Å². The SMILES string of the molecule is O=C(Cl)c1cc(F)c(Br)c(Cl)c1F. The molecule has 13 heavy (non-hydrogen) atoms. The van der Waals surface area contributed by atoms with E-state index in [1.165, 1.54) is 0 Å². The van der Waals surface area contributed by atoms with Crippen molar-refractivity contribution in [1.29, 1.82) is 0 Å². The van der Waals surface area contributed by atoms with Crippen LogP contribution in [0.25, 0.3) is 0 Å². The lowest BCUT2D eigenvalue weighted by Crippen LogP contribution is -1.98. The molecule has 1 rings (SSSR count). The van der Waals surface area contributed by atoms with Gasteiger partial charge in [-0.15, -0.1) is 0 Å². The summed E-state index contributed by atoms with van der Waals surface area (Å²) in [5.74, 6) is -1.87. The lowest BCUT2D eigenvalue weighted by atomic mass is 10.2. The van der Waals surface area contributed by atoms with Crippen molar-refractivity contribution in [2.75, 3.05) is 0 Å². The Bertz CT molecular complexity index is 381. The van der Waals surface area contributed by atoms with Crippen LogP contribution in [-0.4, -0.2) is 5.24 Å². The van der Waals surface area contributed by atoms with Gasteiger partial charge in [0.15, 0.2) is 5.82 Å². The van der Waals surface area contributed by atoms with Crippen molar-refractivity contribution in [3.63, 3.8) is 0 Å². The number of carbonyl (C=O) groups excluding carboxylic acids is 1. The summed E-state index contributed by atoms with van der Waals surface area (Å²) < 4.78 is 25.7. The minimum atomic E-state index is -1.09. The molecule has 0 heterocycles. The average molecular weight is 290 g/mol. The molecule has 1 aromatic carbocycles. The molecule has 0 amide bonds. The zero-order chi connectivity index (χ0) is 10.2. The van der Waals surface area contributed by atoms with Gasteiger partial charge in [0.2, 0.25) is 0 Å². The summed E-state index contributed by atoms with van der Waals surface area (Å²) in [5.41, 5.74) is -0.577. The van der Waals surface area contributed by atoms with Crippen LogP contribution < -0.4 is 0 Å². The Morgan fingerprint density at radius 2 is 2.00 bits per heavy atom. The van der Waals surface area contributed by atoms with E-state index in [-0.39, 0.29) is 4.47 Å². The number of rotatable bonds is 1. The minimum Gasteiger partial charge on any atom is -0.275 e. The molecule has 0 radical (unpaired) electrons. The number of benzene rings is 1. The summed E-state index contributed by atoms with van der Waals surface area (Å²) in [5, 5.41) is -1.59. The van der Waals surface area contributed by atoms with E-state index in [9.17, 15) is 13.6 Å². The van der Waals surface area contributed by atoms with Crippen LogP contribution in [0.4, 0.5) is 8.78 Å². The second-order valence-corrected chi connectivity index (χ2v) is 3.64. The first-order valence-electron chi connectivity index (χ1n) is 2.98. The molecule has 0 aliphatic heterocycles. The van der Waals surface area contributed by atoms with E-state index in [2.05, 4.69) is 15.9 Å².